The van der Waals surface area contributed by atoms with E-state index < -0.39 is 10.8 Å². The third kappa shape index (κ3) is 4.60. The summed E-state index contributed by atoms with van der Waals surface area (Å²) in [6.45, 7) is 0.338. The fourth-order valence-electron chi connectivity index (χ4n) is 2.92. The lowest BCUT2D eigenvalue weighted by Crippen LogP contribution is -2.15. The van der Waals surface area contributed by atoms with Crippen LogP contribution in [0.2, 0.25) is 10.0 Å². The smallest absolute Gasteiger partial charge is 0.292 e. The van der Waals surface area contributed by atoms with Crippen LogP contribution in [0.1, 0.15) is 16.1 Å². The number of carbonyl (C=O) groups is 1. The quantitative estimate of drug-likeness (QED) is 0.297. The number of halogens is 2. The molecule has 31 heavy (non-hydrogen) atoms. The zero-order valence-electron chi connectivity index (χ0n) is 15.8. The third-order valence-electron chi connectivity index (χ3n) is 4.49. The van der Waals surface area contributed by atoms with Crippen LogP contribution >= 0.6 is 23.2 Å². The number of rotatable bonds is 6. The number of nitro groups is 1. The standard InChI is InChI=1S/C21H14Cl2N4O4/c22-15-4-1-14(17(23)11-15)12-26-20(9-10-24-26)25-21(28)19-8-7-18(31-19)13-2-5-16(6-3-13)27(29)30/h1-11H,12H2,(H,25,28). The molecule has 0 saturated carbocycles. The molecule has 0 aliphatic carbocycles. The lowest BCUT2D eigenvalue weighted by molar-refractivity contribution is -0.384. The number of nitrogens with zero attached hydrogens (tertiary/aromatic N) is 3. The van der Waals surface area contributed by atoms with Crippen LogP contribution in [0.5, 0.6) is 0 Å². The number of aromatic nitrogens is 2. The Morgan fingerprint density at radius 2 is 1.87 bits per heavy atom. The van der Waals surface area contributed by atoms with Crippen LogP contribution < -0.4 is 5.32 Å². The summed E-state index contributed by atoms with van der Waals surface area (Å²) < 4.78 is 7.21. The summed E-state index contributed by atoms with van der Waals surface area (Å²) in [4.78, 5) is 22.9. The van der Waals surface area contributed by atoms with Crippen LogP contribution in [0.25, 0.3) is 11.3 Å². The second kappa shape index (κ2) is 8.63. The van der Waals surface area contributed by atoms with Crippen LogP contribution in [0.3, 0.4) is 0 Å². The van der Waals surface area contributed by atoms with E-state index in [9.17, 15) is 14.9 Å². The molecule has 0 saturated heterocycles. The molecule has 0 spiro atoms. The average molecular weight is 457 g/mol. The molecule has 0 fully saturated rings. The molecule has 0 radical (unpaired) electrons. The van der Waals surface area contributed by atoms with Gasteiger partial charge in [-0.05, 0) is 42.0 Å². The second-order valence-corrected chi connectivity index (χ2v) is 7.38. The minimum atomic E-state index is -0.481. The van der Waals surface area contributed by atoms with Gasteiger partial charge in [-0.15, -0.1) is 0 Å². The van der Waals surface area contributed by atoms with Gasteiger partial charge in [0.1, 0.15) is 11.6 Å². The predicted molar refractivity (Wildman–Crippen MR) is 117 cm³/mol. The molecule has 4 aromatic rings. The number of nitrogens with one attached hydrogen (secondary N) is 1. The van der Waals surface area contributed by atoms with Crippen LogP contribution in [0, 0.1) is 10.1 Å². The van der Waals surface area contributed by atoms with Gasteiger partial charge in [-0.3, -0.25) is 14.9 Å². The van der Waals surface area contributed by atoms with Crippen molar-refractivity contribution in [1.29, 1.82) is 0 Å². The SMILES string of the molecule is O=C(Nc1ccnn1Cc1ccc(Cl)cc1Cl)c1ccc(-c2ccc([N+](=O)[O-])cc2)o1. The number of nitro benzene ring substituents is 1. The first-order valence-corrected chi connectivity index (χ1v) is 9.78. The predicted octanol–water partition coefficient (Wildman–Crippen LogP) is 5.66. The zero-order chi connectivity index (χ0) is 22.0. The third-order valence-corrected chi connectivity index (χ3v) is 5.07. The summed E-state index contributed by atoms with van der Waals surface area (Å²) in [6, 6.07) is 15.8. The van der Waals surface area contributed by atoms with E-state index in [-0.39, 0.29) is 11.4 Å². The molecule has 156 valence electrons. The molecule has 0 aliphatic rings. The Bertz CT molecular complexity index is 1260. The van der Waals surface area contributed by atoms with Crippen molar-refractivity contribution in [1.82, 2.24) is 9.78 Å². The van der Waals surface area contributed by atoms with Gasteiger partial charge in [0, 0.05) is 33.8 Å². The van der Waals surface area contributed by atoms with Gasteiger partial charge in [0.15, 0.2) is 5.76 Å². The first-order valence-electron chi connectivity index (χ1n) is 9.02. The first kappa shape index (κ1) is 20.6. The molecular weight excluding hydrogens is 443 g/mol. The van der Waals surface area contributed by atoms with Crippen molar-refractivity contribution in [3.05, 3.63) is 98.3 Å². The van der Waals surface area contributed by atoms with Crippen LogP contribution in [-0.2, 0) is 6.54 Å². The highest BCUT2D eigenvalue weighted by Gasteiger charge is 2.16. The summed E-state index contributed by atoms with van der Waals surface area (Å²) in [5.41, 5.74) is 1.39. The summed E-state index contributed by atoms with van der Waals surface area (Å²) in [6.07, 6.45) is 1.56. The second-order valence-electron chi connectivity index (χ2n) is 6.53. The largest absolute Gasteiger partial charge is 0.451 e. The van der Waals surface area contributed by atoms with E-state index in [2.05, 4.69) is 10.4 Å². The van der Waals surface area contributed by atoms with E-state index in [0.717, 1.165) is 5.56 Å². The minimum Gasteiger partial charge on any atom is -0.451 e. The topological polar surface area (TPSA) is 103 Å². The molecule has 0 bridgehead atoms. The highest BCUT2D eigenvalue weighted by atomic mass is 35.5. The summed E-state index contributed by atoms with van der Waals surface area (Å²) in [7, 11) is 0. The molecule has 0 aliphatic heterocycles. The minimum absolute atomic E-state index is 0.0256. The number of hydrogen-bond acceptors (Lipinski definition) is 5. The van der Waals surface area contributed by atoms with Gasteiger partial charge in [0.05, 0.1) is 17.7 Å². The molecule has 2 aromatic carbocycles. The Kier molecular flexibility index (Phi) is 5.75. The summed E-state index contributed by atoms with van der Waals surface area (Å²) in [5, 5.41) is 18.8. The molecule has 4 rings (SSSR count). The number of carbonyl (C=O) groups excluding carboxylic acids is 1. The van der Waals surface area contributed by atoms with Gasteiger partial charge in [0.25, 0.3) is 11.6 Å². The van der Waals surface area contributed by atoms with Crippen LogP contribution in [0.4, 0.5) is 11.5 Å². The Balaban J connectivity index is 1.48. The van der Waals surface area contributed by atoms with E-state index in [4.69, 9.17) is 27.6 Å². The fourth-order valence-corrected chi connectivity index (χ4v) is 3.38. The summed E-state index contributed by atoms with van der Waals surface area (Å²) in [5.74, 6) is 0.508. The highest BCUT2D eigenvalue weighted by Crippen LogP contribution is 2.26. The number of amides is 1. The van der Waals surface area contributed by atoms with Crippen molar-refractivity contribution in [2.75, 3.05) is 5.32 Å². The maximum Gasteiger partial charge on any atom is 0.292 e. The molecule has 1 N–H and O–H groups in total. The maximum absolute atomic E-state index is 12.6. The number of anilines is 1. The van der Waals surface area contributed by atoms with E-state index in [1.165, 1.54) is 18.2 Å². The van der Waals surface area contributed by atoms with Gasteiger partial charge < -0.3 is 9.73 Å². The zero-order valence-corrected chi connectivity index (χ0v) is 17.3. The summed E-state index contributed by atoms with van der Waals surface area (Å²) >= 11 is 12.2. The van der Waals surface area contributed by atoms with Gasteiger partial charge >= 0.3 is 0 Å². The van der Waals surface area contributed by atoms with Crippen molar-refractivity contribution in [3.63, 3.8) is 0 Å². The van der Waals surface area contributed by atoms with Crippen molar-refractivity contribution in [2.45, 2.75) is 6.54 Å². The number of furan rings is 1. The average Bonchev–Trinajstić information content (AvgIpc) is 3.40. The van der Waals surface area contributed by atoms with Crippen molar-refractivity contribution in [3.8, 4) is 11.3 Å². The molecule has 0 unspecified atom stereocenters. The van der Waals surface area contributed by atoms with Gasteiger partial charge in [0.2, 0.25) is 0 Å². The van der Waals surface area contributed by atoms with Gasteiger partial charge in [-0.1, -0.05) is 29.3 Å². The fraction of sp³-hybridized carbons (Fsp3) is 0.0476. The maximum atomic E-state index is 12.6. The van der Waals surface area contributed by atoms with Crippen molar-refractivity contribution in [2.24, 2.45) is 0 Å². The van der Waals surface area contributed by atoms with Gasteiger partial charge in [-0.2, -0.15) is 5.10 Å². The Morgan fingerprint density at radius 1 is 1.10 bits per heavy atom. The van der Waals surface area contributed by atoms with Crippen LogP contribution in [0.15, 0.2) is 71.3 Å². The molecule has 1 amide bonds. The Labute approximate surface area is 186 Å². The molecule has 2 aromatic heterocycles. The van der Waals surface area contributed by atoms with E-state index in [1.54, 1.807) is 53.3 Å². The number of benzene rings is 2. The van der Waals surface area contributed by atoms with E-state index >= 15 is 0 Å². The lowest BCUT2D eigenvalue weighted by atomic mass is 10.1. The molecule has 8 nitrogen and oxygen atoms in total. The Hall–Kier alpha value is -3.62. The molecular formula is C21H14Cl2N4O4. The highest BCUT2D eigenvalue weighted by molar-refractivity contribution is 6.35. The lowest BCUT2D eigenvalue weighted by Gasteiger charge is -2.10. The van der Waals surface area contributed by atoms with E-state index in [1.807, 2.05) is 0 Å². The van der Waals surface area contributed by atoms with Gasteiger partial charge in [-0.25, -0.2) is 4.68 Å². The molecule has 0 atom stereocenters. The van der Waals surface area contributed by atoms with Crippen LogP contribution in [-0.4, -0.2) is 20.6 Å². The number of non-ortho nitro benzene ring substituents is 1. The van der Waals surface area contributed by atoms with E-state index in [0.29, 0.717) is 33.7 Å². The van der Waals surface area contributed by atoms with Crippen molar-refractivity contribution < 1.29 is 14.1 Å². The van der Waals surface area contributed by atoms with Crippen molar-refractivity contribution >= 4 is 40.6 Å². The Morgan fingerprint density at radius 3 is 2.58 bits per heavy atom. The number of hydrogen-bond donors (Lipinski definition) is 1. The normalized spacial score (nSPS) is 10.8. The first-order chi connectivity index (χ1) is 14.9. The molecule has 2 heterocycles. The monoisotopic (exact) mass is 456 g/mol. The molecule has 10 heteroatoms.